The van der Waals surface area contributed by atoms with Gasteiger partial charge in [0.25, 0.3) is 0 Å². The Bertz CT molecular complexity index is 523. The van der Waals surface area contributed by atoms with E-state index in [4.69, 9.17) is 9.52 Å². The number of furan rings is 1. The van der Waals surface area contributed by atoms with E-state index in [1.807, 2.05) is 31.7 Å². The smallest absolute Gasteiger partial charge is 0.305 e. The maximum Gasteiger partial charge on any atom is 0.305 e. The first-order valence-corrected chi connectivity index (χ1v) is 6.72. The van der Waals surface area contributed by atoms with Crippen LogP contribution in [0.5, 0.6) is 0 Å². The summed E-state index contributed by atoms with van der Waals surface area (Å²) in [6, 6.07) is 1.26. The number of carbonyl (C=O) groups excluding carboxylic acids is 1. The number of aryl methyl sites for hydroxylation is 2. The van der Waals surface area contributed by atoms with E-state index in [0.717, 1.165) is 17.1 Å². The van der Waals surface area contributed by atoms with E-state index in [2.05, 4.69) is 5.32 Å². The van der Waals surface area contributed by atoms with Crippen LogP contribution in [0.3, 0.4) is 0 Å². The zero-order valence-corrected chi connectivity index (χ0v) is 12.0. The van der Waals surface area contributed by atoms with E-state index < -0.39 is 12.0 Å². The van der Waals surface area contributed by atoms with Crippen molar-refractivity contribution in [1.29, 1.82) is 0 Å². The summed E-state index contributed by atoms with van der Waals surface area (Å²) in [4.78, 5) is 24.8. The average Bonchev–Trinajstić information content (AvgIpc) is 2.70. The Balaban J connectivity index is 2.25. The third-order valence-corrected chi connectivity index (χ3v) is 3.77. The van der Waals surface area contributed by atoms with E-state index in [1.54, 1.807) is 0 Å². The fraction of sp³-hybridized carbons (Fsp3) is 0.571. The monoisotopic (exact) mass is 280 g/mol. The predicted octanol–water partition coefficient (Wildman–Crippen LogP) is 1.23. The average molecular weight is 280 g/mol. The lowest BCUT2D eigenvalue weighted by atomic mass is 10.0. The van der Waals surface area contributed by atoms with Crippen molar-refractivity contribution in [3.05, 3.63) is 23.2 Å². The molecule has 6 nitrogen and oxygen atoms in total. The van der Waals surface area contributed by atoms with Crippen LogP contribution >= 0.6 is 0 Å². The first-order valence-electron chi connectivity index (χ1n) is 6.72. The van der Waals surface area contributed by atoms with Crippen molar-refractivity contribution in [2.45, 2.75) is 39.3 Å². The molecular weight excluding hydrogens is 260 g/mol. The van der Waals surface area contributed by atoms with Crippen LogP contribution in [0.1, 0.15) is 36.5 Å². The molecule has 0 aromatic carbocycles. The summed E-state index contributed by atoms with van der Waals surface area (Å²) in [5.41, 5.74) is 1.01. The van der Waals surface area contributed by atoms with Crippen molar-refractivity contribution < 1.29 is 19.1 Å². The van der Waals surface area contributed by atoms with Crippen LogP contribution in [0, 0.1) is 13.8 Å². The number of amides is 1. The zero-order chi connectivity index (χ0) is 14.9. The van der Waals surface area contributed by atoms with Gasteiger partial charge in [-0.25, -0.2) is 0 Å². The molecule has 6 heteroatoms. The van der Waals surface area contributed by atoms with Gasteiger partial charge in [-0.2, -0.15) is 0 Å². The highest BCUT2D eigenvalue weighted by Crippen LogP contribution is 2.29. The van der Waals surface area contributed by atoms with Crippen molar-refractivity contribution in [1.82, 2.24) is 10.2 Å². The number of nitrogens with one attached hydrogen (secondary N) is 1. The Hall–Kier alpha value is -1.82. The van der Waals surface area contributed by atoms with Gasteiger partial charge in [0, 0.05) is 24.7 Å². The fourth-order valence-corrected chi connectivity index (χ4v) is 2.82. The van der Waals surface area contributed by atoms with E-state index in [9.17, 15) is 9.59 Å². The standard InChI is InChI=1S/C14H20N2O4/c1-8-6-11(10(3)20-8)9(2)16-5-4-15-14(19)12(16)7-13(17)18/h6,9,12H,4-5,7H2,1-3H3,(H,15,19)(H,17,18). The lowest BCUT2D eigenvalue weighted by molar-refractivity contribution is -0.143. The van der Waals surface area contributed by atoms with Crippen LogP contribution in [-0.2, 0) is 9.59 Å². The lowest BCUT2D eigenvalue weighted by Gasteiger charge is -2.38. The first kappa shape index (κ1) is 14.6. The summed E-state index contributed by atoms with van der Waals surface area (Å²) in [5, 5.41) is 11.7. The van der Waals surface area contributed by atoms with Gasteiger partial charge in [0.05, 0.1) is 6.42 Å². The fourth-order valence-electron chi connectivity index (χ4n) is 2.82. The summed E-state index contributed by atoms with van der Waals surface area (Å²) in [7, 11) is 0. The highest BCUT2D eigenvalue weighted by molar-refractivity contribution is 5.86. The molecule has 1 fully saturated rings. The molecule has 1 saturated heterocycles. The molecule has 1 aliphatic heterocycles. The van der Waals surface area contributed by atoms with Crippen molar-refractivity contribution in [2.75, 3.05) is 13.1 Å². The highest BCUT2D eigenvalue weighted by atomic mass is 16.4. The number of piperazine rings is 1. The van der Waals surface area contributed by atoms with Gasteiger partial charge in [0.2, 0.25) is 5.91 Å². The number of carboxylic acid groups (broad SMARTS) is 1. The molecule has 0 radical (unpaired) electrons. The van der Waals surface area contributed by atoms with Crippen molar-refractivity contribution in [3.63, 3.8) is 0 Å². The molecule has 0 bridgehead atoms. The summed E-state index contributed by atoms with van der Waals surface area (Å²) in [6.07, 6.45) is -0.188. The topological polar surface area (TPSA) is 82.8 Å². The molecule has 2 rings (SSSR count). The lowest BCUT2D eigenvalue weighted by Crippen LogP contribution is -2.56. The van der Waals surface area contributed by atoms with Crippen molar-refractivity contribution in [3.8, 4) is 0 Å². The van der Waals surface area contributed by atoms with E-state index >= 15 is 0 Å². The predicted molar refractivity (Wildman–Crippen MR) is 72.4 cm³/mol. The molecular formula is C14H20N2O4. The first-order chi connectivity index (χ1) is 9.40. The second-order valence-corrected chi connectivity index (χ2v) is 5.19. The molecule has 1 aromatic heterocycles. The third kappa shape index (κ3) is 2.85. The molecule has 0 saturated carbocycles. The molecule has 1 aromatic rings. The van der Waals surface area contributed by atoms with Gasteiger partial charge in [-0.05, 0) is 26.8 Å². The van der Waals surface area contributed by atoms with Gasteiger partial charge < -0.3 is 14.8 Å². The van der Waals surface area contributed by atoms with Gasteiger partial charge in [-0.15, -0.1) is 0 Å². The van der Waals surface area contributed by atoms with E-state index in [-0.39, 0.29) is 18.4 Å². The van der Waals surface area contributed by atoms with Crippen molar-refractivity contribution >= 4 is 11.9 Å². The largest absolute Gasteiger partial charge is 0.481 e. The molecule has 2 N–H and O–H groups in total. The molecule has 2 heterocycles. The Morgan fingerprint density at radius 1 is 1.60 bits per heavy atom. The molecule has 0 aliphatic carbocycles. The zero-order valence-electron chi connectivity index (χ0n) is 12.0. The molecule has 2 unspecified atom stereocenters. The summed E-state index contributed by atoms with van der Waals surface area (Å²) >= 11 is 0. The molecule has 1 aliphatic rings. The molecule has 0 spiro atoms. The van der Waals surface area contributed by atoms with Gasteiger partial charge >= 0.3 is 5.97 Å². The summed E-state index contributed by atoms with van der Waals surface area (Å²) in [5.74, 6) is 0.448. The van der Waals surface area contributed by atoms with E-state index in [0.29, 0.717) is 13.1 Å². The number of aliphatic carboxylic acids is 1. The second-order valence-electron chi connectivity index (χ2n) is 5.19. The number of carboxylic acids is 1. The number of carbonyl (C=O) groups is 2. The minimum atomic E-state index is -0.968. The maximum absolute atomic E-state index is 11.9. The molecule has 2 atom stereocenters. The molecule has 1 amide bonds. The Kier molecular flexibility index (Phi) is 4.13. The minimum Gasteiger partial charge on any atom is -0.481 e. The van der Waals surface area contributed by atoms with Crippen LogP contribution in [0.2, 0.25) is 0 Å². The van der Waals surface area contributed by atoms with E-state index in [1.165, 1.54) is 0 Å². The van der Waals surface area contributed by atoms with Crippen LogP contribution < -0.4 is 5.32 Å². The second kappa shape index (κ2) is 5.66. The van der Waals surface area contributed by atoms with Crippen LogP contribution in [0.15, 0.2) is 10.5 Å². The number of rotatable bonds is 4. The van der Waals surface area contributed by atoms with Crippen LogP contribution in [-0.4, -0.2) is 41.0 Å². The Labute approximate surface area is 117 Å². The maximum atomic E-state index is 11.9. The van der Waals surface area contributed by atoms with Crippen molar-refractivity contribution in [2.24, 2.45) is 0 Å². The normalized spacial score (nSPS) is 21.6. The Morgan fingerprint density at radius 3 is 2.85 bits per heavy atom. The molecule has 110 valence electrons. The number of nitrogens with zero attached hydrogens (tertiary/aromatic N) is 1. The molecule has 20 heavy (non-hydrogen) atoms. The summed E-state index contributed by atoms with van der Waals surface area (Å²) in [6.45, 7) is 6.91. The third-order valence-electron chi connectivity index (χ3n) is 3.77. The van der Waals surface area contributed by atoms with Gasteiger partial charge in [-0.1, -0.05) is 0 Å². The van der Waals surface area contributed by atoms with Gasteiger partial charge in [0.1, 0.15) is 17.6 Å². The van der Waals surface area contributed by atoms with Gasteiger partial charge in [0.15, 0.2) is 0 Å². The number of hydrogen-bond donors (Lipinski definition) is 2. The summed E-state index contributed by atoms with van der Waals surface area (Å²) < 4.78 is 5.53. The van der Waals surface area contributed by atoms with Gasteiger partial charge in [-0.3, -0.25) is 14.5 Å². The van der Waals surface area contributed by atoms with Crippen LogP contribution in [0.4, 0.5) is 0 Å². The SMILES string of the molecule is Cc1cc(C(C)N2CCNC(=O)C2CC(=O)O)c(C)o1. The highest BCUT2D eigenvalue weighted by Gasteiger charge is 2.35. The van der Waals surface area contributed by atoms with Crippen LogP contribution in [0.25, 0.3) is 0 Å². The number of hydrogen-bond acceptors (Lipinski definition) is 4. The Morgan fingerprint density at radius 2 is 2.30 bits per heavy atom. The minimum absolute atomic E-state index is 0.0529. The quantitative estimate of drug-likeness (QED) is 0.867.